The number of hydrogen-bond donors (Lipinski definition) is 3. The van der Waals surface area contributed by atoms with E-state index in [1.54, 1.807) is 48.5 Å². The number of nitrogens with two attached hydrogens (primary N) is 1. The smallest absolute Gasteiger partial charge is 0.253 e. The van der Waals surface area contributed by atoms with Gasteiger partial charge in [-0.1, -0.05) is 55.8 Å². The Morgan fingerprint density at radius 2 is 1.67 bits per heavy atom. The van der Waals surface area contributed by atoms with E-state index in [-0.39, 0.29) is 18.2 Å². The lowest BCUT2D eigenvalue weighted by atomic mass is 10.0. The average Bonchev–Trinajstić information content (AvgIpc) is 2.60. The molecule has 2 aromatic carbocycles. The van der Waals surface area contributed by atoms with Gasteiger partial charge < -0.3 is 16.4 Å². The van der Waals surface area contributed by atoms with E-state index < -0.39 is 17.9 Å². The Kier molecular flexibility index (Phi) is 6.96. The molecule has 0 saturated carbocycles. The molecule has 0 fully saturated rings. The molecule has 6 nitrogen and oxygen atoms in total. The molecular formula is C20H22ClN3O3. The fourth-order valence-electron chi connectivity index (χ4n) is 2.59. The maximum atomic E-state index is 12.8. The highest BCUT2D eigenvalue weighted by Gasteiger charge is 2.26. The first kappa shape index (κ1) is 20.5. The summed E-state index contributed by atoms with van der Waals surface area (Å²) in [7, 11) is 0. The van der Waals surface area contributed by atoms with Gasteiger partial charge in [-0.15, -0.1) is 0 Å². The van der Waals surface area contributed by atoms with Gasteiger partial charge in [-0.05, 0) is 29.7 Å². The molecule has 0 saturated heterocycles. The summed E-state index contributed by atoms with van der Waals surface area (Å²) < 4.78 is 0. The zero-order chi connectivity index (χ0) is 20.0. The first-order valence-electron chi connectivity index (χ1n) is 8.52. The van der Waals surface area contributed by atoms with Gasteiger partial charge in [0.05, 0.1) is 17.0 Å². The largest absolute Gasteiger partial charge is 0.369 e. The minimum Gasteiger partial charge on any atom is -0.369 e. The van der Waals surface area contributed by atoms with Gasteiger partial charge in [-0.3, -0.25) is 14.4 Å². The molecule has 1 atom stereocenters. The van der Waals surface area contributed by atoms with Gasteiger partial charge in [0.1, 0.15) is 6.04 Å². The van der Waals surface area contributed by atoms with E-state index >= 15 is 0 Å². The second-order valence-corrected chi connectivity index (χ2v) is 6.87. The van der Waals surface area contributed by atoms with Crippen LogP contribution in [-0.4, -0.2) is 23.8 Å². The fraction of sp³-hybridized carbons (Fsp3) is 0.250. The topological polar surface area (TPSA) is 101 Å². The fourth-order valence-corrected chi connectivity index (χ4v) is 2.82. The number of benzene rings is 2. The van der Waals surface area contributed by atoms with Crippen molar-refractivity contribution < 1.29 is 14.4 Å². The van der Waals surface area contributed by atoms with Crippen LogP contribution >= 0.6 is 11.6 Å². The minimum absolute atomic E-state index is 0.00871. The lowest BCUT2D eigenvalue weighted by Crippen LogP contribution is -2.47. The highest BCUT2D eigenvalue weighted by Crippen LogP contribution is 2.18. The third kappa shape index (κ3) is 5.56. The van der Waals surface area contributed by atoms with Crippen molar-refractivity contribution in [3.63, 3.8) is 0 Å². The van der Waals surface area contributed by atoms with E-state index in [0.29, 0.717) is 21.8 Å². The Bertz CT molecular complexity index is 852. The molecule has 1 unspecified atom stereocenters. The molecule has 3 amide bonds. The van der Waals surface area contributed by atoms with Gasteiger partial charge in [0.15, 0.2) is 0 Å². The molecule has 142 valence electrons. The molecule has 0 aliphatic heterocycles. The van der Waals surface area contributed by atoms with Crippen molar-refractivity contribution >= 4 is 35.0 Å². The van der Waals surface area contributed by atoms with Crippen molar-refractivity contribution in [2.75, 3.05) is 5.32 Å². The average molecular weight is 388 g/mol. The lowest BCUT2D eigenvalue weighted by molar-refractivity contribution is -0.119. The van der Waals surface area contributed by atoms with Gasteiger partial charge in [0.25, 0.3) is 5.91 Å². The van der Waals surface area contributed by atoms with Gasteiger partial charge in [0.2, 0.25) is 11.8 Å². The second kappa shape index (κ2) is 9.19. The Morgan fingerprint density at radius 1 is 1.04 bits per heavy atom. The van der Waals surface area contributed by atoms with Gasteiger partial charge in [-0.2, -0.15) is 0 Å². The Balaban J connectivity index is 2.18. The SMILES string of the molecule is CC(C)C(NC(=O)c1ccccc1Cl)C(=O)Nc1ccccc1CC(N)=O. The number of amides is 3. The molecule has 0 bridgehead atoms. The van der Waals surface area contributed by atoms with Crippen LogP contribution in [0.15, 0.2) is 48.5 Å². The van der Waals surface area contributed by atoms with Crippen LogP contribution in [0.1, 0.15) is 29.8 Å². The van der Waals surface area contributed by atoms with Crippen LogP contribution in [0.3, 0.4) is 0 Å². The second-order valence-electron chi connectivity index (χ2n) is 6.46. The number of carbonyl (C=O) groups is 3. The number of para-hydroxylation sites is 1. The lowest BCUT2D eigenvalue weighted by Gasteiger charge is -2.22. The van der Waals surface area contributed by atoms with Crippen molar-refractivity contribution in [2.24, 2.45) is 11.7 Å². The molecule has 0 spiro atoms. The van der Waals surface area contributed by atoms with Crippen molar-refractivity contribution in [1.82, 2.24) is 5.32 Å². The van der Waals surface area contributed by atoms with Crippen LogP contribution in [0.25, 0.3) is 0 Å². The van der Waals surface area contributed by atoms with Gasteiger partial charge >= 0.3 is 0 Å². The third-order valence-electron chi connectivity index (χ3n) is 3.99. The van der Waals surface area contributed by atoms with E-state index in [4.69, 9.17) is 17.3 Å². The molecule has 2 rings (SSSR count). The first-order valence-corrected chi connectivity index (χ1v) is 8.90. The molecule has 0 aliphatic carbocycles. The Labute approximate surface area is 163 Å². The van der Waals surface area contributed by atoms with Crippen molar-refractivity contribution in [2.45, 2.75) is 26.3 Å². The summed E-state index contributed by atoms with van der Waals surface area (Å²) in [6.07, 6.45) is 0.00871. The van der Waals surface area contributed by atoms with E-state index in [2.05, 4.69) is 10.6 Å². The van der Waals surface area contributed by atoms with Crippen LogP contribution in [0.5, 0.6) is 0 Å². The molecule has 2 aromatic rings. The Morgan fingerprint density at radius 3 is 2.30 bits per heavy atom. The van der Waals surface area contributed by atoms with Crippen LogP contribution in [0, 0.1) is 5.92 Å². The summed E-state index contributed by atoms with van der Waals surface area (Å²) in [5.41, 5.74) is 6.65. The number of hydrogen-bond acceptors (Lipinski definition) is 3. The summed E-state index contributed by atoms with van der Waals surface area (Å²) in [4.78, 5) is 36.5. The summed E-state index contributed by atoms with van der Waals surface area (Å²) in [5, 5.41) is 5.81. The molecule has 7 heteroatoms. The maximum Gasteiger partial charge on any atom is 0.253 e. The highest BCUT2D eigenvalue weighted by molar-refractivity contribution is 6.33. The third-order valence-corrected chi connectivity index (χ3v) is 4.32. The molecule has 0 aromatic heterocycles. The quantitative estimate of drug-likeness (QED) is 0.680. The van der Waals surface area contributed by atoms with Crippen LogP contribution in [-0.2, 0) is 16.0 Å². The van der Waals surface area contributed by atoms with Crippen molar-refractivity contribution in [3.8, 4) is 0 Å². The molecule has 0 radical (unpaired) electrons. The summed E-state index contributed by atoms with van der Waals surface area (Å²) in [6.45, 7) is 3.65. The van der Waals surface area contributed by atoms with E-state index in [1.165, 1.54) is 0 Å². The number of anilines is 1. The molecule has 0 heterocycles. The van der Waals surface area contributed by atoms with Crippen molar-refractivity contribution in [3.05, 3.63) is 64.7 Å². The molecular weight excluding hydrogens is 366 g/mol. The molecule has 4 N–H and O–H groups in total. The zero-order valence-electron chi connectivity index (χ0n) is 15.2. The number of halogens is 1. The van der Waals surface area contributed by atoms with E-state index in [0.717, 1.165) is 0 Å². The molecule has 27 heavy (non-hydrogen) atoms. The Hall–Kier alpha value is -2.86. The maximum absolute atomic E-state index is 12.8. The monoisotopic (exact) mass is 387 g/mol. The first-order chi connectivity index (χ1) is 12.8. The van der Waals surface area contributed by atoms with Gasteiger partial charge in [-0.25, -0.2) is 0 Å². The minimum atomic E-state index is -0.782. The number of primary amides is 1. The van der Waals surface area contributed by atoms with E-state index in [1.807, 2.05) is 13.8 Å². The van der Waals surface area contributed by atoms with E-state index in [9.17, 15) is 14.4 Å². The van der Waals surface area contributed by atoms with Crippen LogP contribution in [0.2, 0.25) is 5.02 Å². The summed E-state index contributed by atoms with van der Waals surface area (Å²) in [6, 6.07) is 12.7. The predicted octanol–water partition coefficient (Wildman–Crippen LogP) is 2.76. The standard InChI is InChI=1S/C20H22ClN3O3/c1-12(2)18(24-19(26)14-8-4-5-9-15(14)21)20(27)23-16-10-6-3-7-13(16)11-17(22)25/h3-10,12,18H,11H2,1-2H3,(H2,22,25)(H,23,27)(H,24,26). The van der Waals surface area contributed by atoms with Crippen molar-refractivity contribution in [1.29, 1.82) is 0 Å². The number of rotatable bonds is 7. The predicted molar refractivity (Wildman–Crippen MR) is 106 cm³/mol. The highest BCUT2D eigenvalue weighted by atomic mass is 35.5. The number of nitrogens with one attached hydrogen (secondary N) is 2. The summed E-state index contributed by atoms with van der Waals surface area (Å²) in [5.74, 6) is -1.48. The molecule has 0 aliphatic rings. The summed E-state index contributed by atoms with van der Waals surface area (Å²) >= 11 is 6.06. The van der Waals surface area contributed by atoms with Crippen LogP contribution < -0.4 is 16.4 Å². The zero-order valence-corrected chi connectivity index (χ0v) is 15.9. The normalized spacial score (nSPS) is 11.7. The van der Waals surface area contributed by atoms with Crippen LogP contribution in [0.4, 0.5) is 5.69 Å². The van der Waals surface area contributed by atoms with Gasteiger partial charge in [0, 0.05) is 5.69 Å². The number of carbonyl (C=O) groups excluding carboxylic acids is 3.